The second kappa shape index (κ2) is 7.05. The van der Waals surface area contributed by atoms with E-state index in [0.29, 0.717) is 16.1 Å². The van der Waals surface area contributed by atoms with E-state index in [9.17, 15) is 9.59 Å². The fourth-order valence-electron chi connectivity index (χ4n) is 2.20. The van der Waals surface area contributed by atoms with Crippen molar-refractivity contribution in [2.24, 2.45) is 0 Å². The van der Waals surface area contributed by atoms with Crippen LogP contribution in [0.1, 0.15) is 47.1 Å². The monoisotopic (exact) mass is 344 g/mol. The Morgan fingerprint density at radius 1 is 1.04 bits per heavy atom. The lowest BCUT2D eigenvalue weighted by Gasteiger charge is -2.35. The predicted molar refractivity (Wildman–Crippen MR) is 96.0 cm³/mol. The second-order valence-electron chi connectivity index (χ2n) is 6.60. The molecule has 2 amide bonds. The van der Waals surface area contributed by atoms with Gasteiger partial charge in [-0.2, -0.15) is 0 Å². The van der Waals surface area contributed by atoms with Crippen molar-refractivity contribution < 1.29 is 9.59 Å². The smallest absolute Gasteiger partial charge is 0.267 e. The number of rotatable bonds is 2. The third-order valence-corrected chi connectivity index (χ3v) is 3.81. The highest BCUT2D eigenvalue weighted by atomic mass is 35.5. The number of carbonyl (C=O) groups excluding carboxylic acids is 2. The minimum Gasteiger partial charge on any atom is -0.267 e. The van der Waals surface area contributed by atoms with Crippen molar-refractivity contribution in [3.63, 3.8) is 0 Å². The zero-order valence-corrected chi connectivity index (χ0v) is 15.0. The first-order valence-corrected chi connectivity index (χ1v) is 8.04. The molecule has 126 valence electrons. The molecule has 2 aromatic carbocycles. The number of halogens is 1. The van der Waals surface area contributed by atoms with Crippen LogP contribution in [0.2, 0.25) is 5.02 Å². The topological polar surface area (TPSA) is 49.4 Å². The van der Waals surface area contributed by atoms with Crippen molar-refractivity contribution in [3.05, 3.63) is 70.2 Å². The van der Waals surface area contributed by atoms with Gasteiger partial charge in [-0.05, 0) is 52.0 Å². The van der Waals surface area contributed by atoms with Crippen LogP contribution in [0.15, 0.2) is 48.5 Å². The van der Waals surface area contributed by atoms with Crippen LogP contribution in [-0.4, -0.2) is 22.4 Å². The van der Waals surface area contributed by atoms with Crippen molar-refractivity contribution in [2.75, 3.05) is 0 Å². The fourth-order valence-corrected chi connectivity index (χ4v) is 2.40. The van der Waals surface area contributed by atoms with E-state index in [1.54, 1.807) is 36.4 Å². The summed E-state index contributed by atoms with van der Waals surface area (Å²) in [6.07, 6.45) is 0. The van der Waals surface area contributed by atoms with Gasteiger partial charge in [0, 0.05) is 5.56 Å². The molecular weight excluding hydrogens is 324 g/mol. The number of hydrogen-bond donors (Lipinski definition) is 1. The van der Waals surface area contributed by atoms with Gasteiger partial charge in [0.2, 0.25) is 0 Å². The molecule has 24 heavy (non-hydrogen) atoms. The molecule has 0 aliphatic heterocycles. The number of carbonyl (C=O) groups is 2. The van der Waals surface area contributed by atoms with Crippen molar-refractivity contribution in [3.8, 4) is 0 Å². The van der Waals surface area contributed by atoms with E-state index in [0.717, 1.165) is 5.56 Å². The third kappa shape index (κ3) is 4.15. The molecule has 4 nitrogen and oxygen atoms in total. The SMILES string of the molecule is Cc1ccc(Cl)c(C(=O)N(NC(=O)c2ccccc2)C(C)(C)C)c1. The Kier molecular flexibility index (Phi) is 5.30. The summed E-state index contributed by atoms with van der Waals surface area (Å²) in [7, 11) is 0. The first-order chi connectivity index (χ1) is 11.2. The maximum atomic E-state index is 13.0. The summed E-state index contributed by atoms with van der Waals surface area (Å²) in [5, 5.41) is 1.68. The Balaban J connectivity index is 2.34. The molecule has 0 atom stereocenters. The molecule has 0 saturated heterocycles. The Labute approximate surface area is 147 Å². The molecule has 0 saturated carbocycles. The van der Waals surface area contributed by atoms with Gasteiger partial charge in [0.25, 0.3) is 11.8 Å². The molecule has 1 N–H and O–H groups in total. The summed E-state index contributed by atoms with van der Waals surface area (Å²) in [5.41, 5.74) is 3.85. The van der Waals surface area contributed by atoms with E-state index < -0.39 is 5.54 Å². The summed E-state index contributed by atoms with van der Waals surface area (Å²) in [5.74, 6) is -0.692. The number of amides is 2. The van der Waals surface area contributed by atoms with Gasteiger partial charge in [0.05, 0.1) is 16.1 Å². The Hall–Kier alpha value is -2.33. The van der Waals surface area contributed by atoms with Crippen LogP contribution >= 0.6 is 11.6 Å². The standard InChI is InChI=1S/C19H21ClN2O2/c1-13-10-11-16(20)15(12-13)18(24)22(19(2,3)4)21-17(23)14-8-6-5-7-9-14/h5-12H,1-4H3,(H,21,23). The van der Waals surface area contributed by atoms with Gasteiger partial charge in [-0.1, -0.05) is 41.4 Å². The zero-order chi connectivity index (χ0) is 17.9. The molecule has 2 rings (SSSR count). The number of aryl methyl sites for hydroxylation is 1. The van der Waals surface area contributed by atoms with E-state index in [1.807, 2.05) is 39.8 Å². The van der Waals surface area contributed by atoms with Gasteiger partial charge < -0.3 is 0 Å². The van der Waals surface area contributed by atoms with Crippen LogP contribution in [0, 0.1) is 6.92 Å². The maximum absolute atomic E-state index is 13.0. The maximum Gasteiger partial charge on any atom is 0.274 e. The van der Waals surface area contributed by atoms with E-state index in [4.69, 9.17) is 11.6 Å². The van der Waals surface area contributed by atoms with E-state index in [1.165, 1.54) is 5.01 Å². The molecule has 0 aliphatic carbocycles. The number of nitrogens with zero attached hydrogens (tertiary/aromatic N) is 1. The molecule has 2 aromatic rings. The number of hydrazine groups is 1. The van der Waals surface area contributed by atoms with Gasteiger partial charge in [-0.15, -0.1) is 0 Å². The number of benzene rings is 2. The lowest BCUT2D eigenvalue weighted by atomic mass is 10.1. The van der Waals surface area contributed by atoms with Gasteiger partial charge in [-0.3, -0.25) is 15.0 Å². The zero-order valence-electron chi connectivity index (χ0n) is 14.3. The van der Waals surface area contributed by atoms with Crippen LogP contribution in [0.4, 0.5) is 0 Å². The summed E-state index contributed by atoms with van der Waals surface area (Å²) < 4.78 is 0. The molecular formula is C19H21ClN2O2. The highest BCUT2D eigenvalue weighted by Gasteiger charge is 2.30. The Bertz CT molecular complexity index is 752. The van der Waals surface area contributed by atoms with E-state index in [2.05, 4.69) is 5.43 Å². The molecule has 0 unspecified atom stereocenters. The summed E-state index contributed by atoms with van der Waals surface area (Å²) in [6, 6.07) is 14.0. The average Bonchev–Trinajstić information content (AvgIpc) is 2.53. The average molecular weight is 345 g/mol. The Morgan fingerprint density at radius 3 is 2.25 bits per heavy atom. The largest absolute Gasteiger partial charge is 0.274 e. The quantitative estimate of drug-likeness (QED) is 0.828. The second-order valence-corrected chi connectivity index (χ2v) is 7.01. The normalized spacial score (nSPS) is 11.0. The van der Waals surface area contributed by atoms with Crippen LogP contribution in [-0.2, 0) is 0 Å². The summed E-state index contributed by atoms with van der Waals surface area (Å²) in [6.45, 7) is 7.43. The molecule has 0 heterocycles. The molecule has 0 fully saturated rings. The highest BCUT2D eigenvalue weighted by molar-refractivity contribution is 6.33. The van der Waals surface area contributed by atoms with Crippen LogP contribution in [0.3, 0.4) is 0 Å². The van der Waals surface area contributed by atoms with Crippen molar-refractivity contribution in [2.45, 2.75) is 33.2 Å². The van der Waals surface area contributed by atoms with Crippen LogP contribution in [0.5, 0.6) is 0 Å². The molecule has 0 spiro atoms. The lowest BCUT2D eigenvalue weighted by Crippen LogP contribution is -2.56. The van der Waals surface area contributed by atoms with Crippen molar-refractivity contribution in [1.29, 1.82) is 0 Å². The first kappa shape index (κ1) is 18.0. The van der Waals surface area contributed by atoms with Crippen molar-refractivity contribution >= 4 is 23.4 Å². The van der Waals surface area contributed by atoms with Crippen LogP contribution in [0.25, 0.3) is 0 Å². The Morgan fingerprint density at radius 2 is 1.67 bits per heavy atom. The van der Waals surface area contributed by atoms with Crippen LogP contribution < -0.4 is 5.43 Å². The highest BCUT2D eigenvalue weighted by Crippen LogP contribution is 2.22. The predicted octanol–water partition coefficient (Wildman–Crippen LogP) is 4.23. The molecule has 0 aliphatic rings. The van der Waals surface area contributed by atoms with E-state index >= 15 is 0 Å². The third-order valence-electron chi connectivity index (χ3n) is 3.48. The van der Waals surface area contributed by atoms with Crippen molar-refractivity contribution in [1.82, 2.24) is 10.4 Å². The fraction of sp³-hybridized carbons (Fsp3) is 0.263. The minimum atomic E-state index is -0.616. The molecule has 0 aromatic heterocycles. The molecule has 5 heteroatoms. The summed E-state index contributed by atoms with van der Waals surface area (Å²) in [4.78, 5) is 25.4. The lowest BCUT2D eigenvalue weighted by molar-refractivity contribution is 0.0358. The first-order valence-electron chi connectivity index (χ1n) is 7.67. The van der Waals surface area contributed by atoms with Gasteiger partial charge in [0.15, 0.2) is 0 Å². The molecule has 0 radical (unpaired) electrons. The van der Waals surface area contributed by atoms with Gasteiger partial charge in [-0.25, -0.2) is 5.01 Å². The summed E-state index contributed by atoms with van der Waals surface area (Å²) >= 11 is 6.18. The number of hydrogen-bond acceptors (Lipinski definition) is 2. The van der Waals surface area contributed by atoms with Gasteiger partial charge >= 0.3 is 0 Å². The number of nitrogens with one attached hydrogen (secondary N) is 1. The van der Waals surface area contributed by atoms with E-state index in [-0.39, 0.29) is 11.8 Å². The van der Waals surface area contributed by atoms with Gasteiger partial charge in [0.1, 0.15) is 0 Å². The minimum absolute atomic E-state index is 0.345. The molecule has 0 bridgehead atoms.